The molecule has 3 rings (SSSR count). The molecule has 0 saturated carbocycles. The minimum Gasteiger partial charge on any atom is -0.454 e. The molecule has 0 unspecified atom stereocenters. The topological polar surface area (TPSA) is 13.1 Å². The van der Waals surface area contributed by atoms with Gasteiger partial charge in [0.25, 0.3) is 0 Å². The Balaban J connectivity index is 2.28. The van der Waals surface area contributed by atoms with Gasteiger partial charge in [-0.1, -0.05) is 48.0 Å². The van der Waals surface area contributed by atoms with E-state index >= 15 is 0 Å². The van der Waals surface area contributed by atoms with Gasteiger partial charge in [0.1, 0.15) is 5.58 Å². The van der Waals surface area contributed by atoms with Crippen LogP contribution in [0, 0.1) is 6.92 Å². The highest BCUT2D eigenvalue weighted by atomic mass is 35.5. The number of aryl methyl sites for hydroxylation is 1. The van der Waals surface area contributed by atoms with E-state index in [-0.39, 0.29) is 0 Å². The first-order valence-corrected chi connectivity index (χ1v) is 5.87. The highest BCUT2D eigenvalue weighted by Gasteiger charge is 2.13. The van der Waals surface area contributed by atoms with Crippen LogP contribution in [0.5, 0.6) is 0 Å². The molecule has 0 aliphatic rings. The summed E-state index contributed by atoms with van der Waals surface area (Å²) in [5.74, 6) is 0.743. The summed E-state index contributed by atoms with van der Waals surface area (Å²) in [6.45, 7) is 2.04. The zero-order valence-corrected chi connectivity index (χ0v) is 10.2. The minimum atomic E-state index is 0.686. The number of hydrogen-bond donors (Lipinski definition) is 0. The summed E-state index contributed by atoms with van der Waals surface area (Å²) in [5, 5.41) is 1.65. The van der Waals surface area contributed by atoms with Gasteiger partial charge in [-0.05, 0) is 24.6 Å². The quantitative estimate of drug-likeness (QED) is 0.581. The van der Waals surface area contributed by atoms with E-state index in [2.05, 4.69) is 0 Å². The van der Waals surface area contributed by atoms with Gasteiger partial charge in [0.05, 0.1) is 5.02 Å². The number of hydrogen-bond acceptors (Lipinski definition) is 1. The standard InChI is InChI=1S/C15H11ClO/c1-10-7-8-12-13(9-10)17-15(14(12)16)11-5-3-2-4-6-11/h2-9H,1H3. The first-order valence-electron chi connectivity index (χ1n) is 5.50. The average molecular weight is 243 g/mol. The van der Waals surface area contributed by atoms with Gasteiger partial charge in [-0.3, -0.25) is 0 Å². The third kappa shape index (κ3) is 1.73. The molecule has 0 aliphatic carbocycles. The number of fused-ring (bicyclic) bond motifs is 1. The molecule has 2 heteroatoms. The van der Waals surface area contributed by atoms with Crippen molar-refractivity contribution in [1.82, 2.24) is 0 Å². The van der Waals surface area contributed by atoms with E-state index in [9.17, 15) is 0 Å². The molecule has 2 aromatic carbocycles. The Bertz CT molecular complexity index is 668. The second kappa shape index (κ2) is 3.94. The molecule has 0 N–H and O–H groups in total. The molecule has 0 saturated heterocycles. The van der Waals surface area contributed by atoms with Crippen molar-refractivity contribution in [2.75, 3.05) is 0 Å². The molecule has 17 heavy (non-hydrogen) atoms. The van der Waals surface area contributed by atoms with Crippen LogP contribution in [-0.4, -0.2) is 0 Å². The van der Waals surface area contributed by atoms with Crippen LogP contribution < -0.4 is 0 Å². The Hall–Kier alpha value is -1.73. The van der Waals surface area contributed by atoms with E-state index in [0.717, 1.165) is 22.3 Å². The van der Waals surface area contributed by atoms with Crippen LogP contribution in [0.15, 0.2) is 52.9 Å². The van der Waals surface area contributed by atoms with E-state index < -0.39 is 0 Å². The molecule has 0 aliphatic heterocycles. The molecule has 84 valence electrons. The fraction of sp³-hybridized carbons (Fsp3) is 0.0667. The van der Waals surface area contributed by atoms with Crippen molar-refractivity contribution in [3.8, 4) is 11.3 Å². The molecule has 1 nitrogen and oxygen atoms in total. The van der Waals surface area contributed by atoms with Crippen molar-refractivity contribution in [2.24, 2.45) is 0 Å². The largest absolute Gasteiger partial charge is 0.454 e. The highest BCUT2D eigenvalue weighted by Crippen LogP contribution is 2.37. The maximum absolute atomic E-state index is 6.35. The Labute approximate surface area is 105 Å². The minimum absolute atomic E-state index is 0.686. The van der Waals surface area contributed by atoms with Gasteiger partial charge < -0.3 is 4.42 Å². The Morgan fingerprint density at radius 1 is 1.00 bits per heavy atom. The average Bonchev–Trinajstić information content (AvgIpc) is 2.67. The van der Waals surface area contributed by atoms with Gasteiger partial charge in [-0.15, -0.1) is 0 Å². The molecule has 0 amide bonds. The Kier molecular flexibility index (Phi) is 2.41. The zero-order chi connectivity index (χ0) is 11.8. The van der Waals surface area contributed by atoms with E-state index in [4.69, 9.17) is 16.0 Å². The van der Waals surface area contributed by atoms with Crippen molar-refractivity contribution in [3.05, 3.63) is 59.1 Å². The maximum Gasteiger partial charge on any atom is 0.154 e. The third-order valence-electron chi connectivity index (χ3n) is 2.82. The zero-order valence-electron chi connectivity index (χ0n) is 9.41. The van der Waals surface area contributed by atoms with Gasteiger partial charge in [-0.2, -0.15) is 0 Å². The molecule has 0 radical (unpaired) electrons. The van der Waals surface area contributed by atoms with Crippen molar-refractivity contribution < 1.29 is 4.42 Å². The van der Waals surface area contributed by atoms with Gasteiger partial charge in [0.15, 0.2) is 5.76 Å². The molecular formula is C15H11ClO. The first-order chi connectivity index (χ1) is 8.25. The van der Waals surface area contributed by atoms with Gasteiger partial charge >= 0.3 is 0 Å². The summed E-state index contributed by atoms with van der Waals surface area (Å²) < 4.78 is 5.83. The van der Waals surface area contributed by atoms with Crippen LogP contribution in [0.1, 0.15) is 5.56 Å². The van der Waals surface area contributed by atoms with Gasteiger partial charge in [0.2, 0.25) is 0 Å². The molecule has 0 fully saturated rings. The second-order valence-corrected chi connectivity index (χ2v) is 4.49. The van der Waals surface area contributed by atoms with Gasteiger partial charge in [0, 0.05) is 10.9 Å². The van der Waals surface area contributed by atoms with E-state index in [1.807, 2.05) is 55.5 Å². The maximum atomic E-state index is 6.35. The van der Waals surface area contributed by atoms with Crippen LogP contribution in [0.25, 0.3) is 22.3 Å². The van der Waals surface area contributed by atoms with Gasteiger partial charge in [-0.25, -0.2) is 0 Å². The highest BCUT2D eigenvalue weighted by molar-refractivity contribution is 6.38. The summed E-state index contributed by atoms with van der Waals surface area (Å²) >= 11 is 6.35. The van der Waals surface area contributed by atoms with Crippen LogP contribution in [-0.2, 0) is 0 Å². The lowest BCUT2D eigenvalue weighted by molar-refractivity contribution is 0.631. The lowest BCUT2D eigenvalue weighted by Crippen LogP contribution is -1.72. The number of benzene rings is 2. The summed E-state index contributed by atoms with van der Waals surface area (Å²) in [7, 11) is 0. The van der Waals surface area contributed by atoms with Crippen molar-refractivity contribution in [3.63, 3.8) is 0 Å². The van der Waals surface area contributed by atoms with Crippen LogP contribution in [0.2, 0.25) is 5.02 Å². The molecule has 0 spiro atoms. The fourth-order valence-corrected chi connectivity index (χ4v) is 2.25. The molecule has 0 atom stereocenters. The number of halogens is 1. The van der Waals surface area contributed by atoms with Crippen molar-refractivity contribution in [1.29, 1.82) is 0 Å². The fourth-order valence-electron chi connectivity index (χ4n) is 1.95. The smallest absolute Gasteiger partial charge is 0.154 e. The molecule has 1 heterocycles. The Morgan fingerprint density at radius 2 is 1.76 bits per heavy atom. The molecule has 1 aromatic heterocycles. The predicted molar refractivity (Wildman–Crippen MR) is 71.4 cm³/mol. The molecule has 3 aromatic rings. The lowest BCUT2D eigenvalue weighted by Gasteiger charge is -1.95. The summed E-state index contributed by atoms with van der Waals surface area (Å²) in [4.78, 5) is 0. The van der Waals surface area contributed by atoms with Crippen LogP contribution >= 0.6 is 11.6 Å². The SMILES string of the molecule is Cc1ccc2c(Cl)c(-c3ccccc3)oc2c1. The molecular weight excluding hydrogens is 232 g/mol. The summed E-state index contributed by atoms with van der Waals surface area (Å²) in [6, 6.07) is 16.0. The van der Waals surface area contributed by atoms with Crippen LogP contribution in [0.3, 0.4) is 0 Å². The second-order valence-electron chi connectivity index (χ2n) is 4.11. The first kappa shape index (κ1) is 10.4. The lowest BCUT2D eigenvalue weighted by atomic mass is 10.1. The van der Waals surface area contributed by atoms with E-state index in [0.29, 0.717) is 5.02 Å². The number of rotatable bonds is 1. The predicted octanol–water partition coefficient (Wildman–Crippen LogP) is 5.06. The van der Waals surface area contributed by atoms with Crippen LogP contribution in [0.4, 0.5) is 0 Å². The Morgan fingerprint density at radius 3 is 2.53 bits per heavy atom. The summed E-state index contributed by atoms with van der Waals surface area (Å²) in [6.07, 6.45) is 0. The van der Waals surface area contributed by atoms with Crippen molar-refractivity contribution in [2.45, 2.75) is 6.92 Å². The monoisotopic (exact) mass is 242 g/mol. The van der Waals surface area contributed by atoms with E-state index in [1.165, 1.54) is 5.56 Å². The molecule has 0 bridgehead atoms. The summed E-state index contributed by atoms with van der Waals surface area (Å²) in [5.41, 5.74) is 3.02. The number of furan rings is 1. The van der Waals surface area contributed by atoms with Crippen molar-refractivity contribution >= 4 is 22.6 Å². The third-order valence-corrected chi connectivity index (χ3v) is 3.20. The van der Waals surface area contributed by atoms with E-state index in [1.54, 1.807) is 0 Å². The normalized spacial score (nSPS) is 10.9.